The molecule has 192 valence electrons. The molecule has 0 radical (unpaired) electrons. The second-order valence-electron chi connectivity index (χ2n) is 7.51. The van der Waals surface area contributed by atoms with E-state index < -0.39 is 17.7 Å². The predicted molar refractivity (Wildman–Crippen MR) is 146 cm³/mol. The first kappa shape index (κ1) is 27.7. The van der Waals surface area contributed by atoms with E-state index in [2.05, 4.69) is 37.1 Å². The second kappa shape index (κ2) is 13.4. The van der Waals surface area contributed by atoms with Crippen LogP contribution in [0.3, 0.4) is 0 Å². The number of hydrazone groups is 1. The molecule has 3 rings (SSSR count). The highest BCUT2D eigenvalue weighted by atomic mass is 79.9. The van der Waals surface area contributed by atoms with Crippen LogP contribution in [0, 0.1) is 0 Å². The Morgan fingerprint density at radius 3 is 2.41 bits per heavy atom. The van der Waals surface area contributed by atoms with E-state index in [9.17, 15) is 14.4 Å². The molecule has 0 fully saturated rings. The average molecular weight is 588 g/mol. The number of ether oxygens (including phenoxy) is 2. The molecule has 37 heavy (non-hydrogen) atoms. The minimum absolute atomic E-state index is 0.292. The normalized spacial score (nSPS) is 10.6. The first-order valence-corrected chi connectivity index (χ1v) is 12.3. The van der Waals surface area contributed by atoms with Crippen molar-refractivity contribution in [3.05, 3.63) is 81.3 Å². The maximum Gasteiger partial charge on any atom is 0.329 e. The van der Waals surface area contributed by atoms with Gasteiger partial charge in [0.2, 0.25) is 0 Å². The summed E-state index contributed by atoms with van der Waals surface area (Å²) in [6, 6.07) is 17.3. The molecule has 9 nitrogen and oxygen atoms in total. The number of para-hydroxylation sites is 2. The van der Waals surface area contributed by atoms with E-state index in [0.29, 0.717) is 44.4 Å². The summed E-state index contributed by atoms with van der Waals surface area (Å²) < 4.78 is 11.5. The third-order valence-corrected chi connectivity index (χ3v) is 5.90. The number of carbonyl (C=O) groups is 3. The number of benzene rings is 3. The van der Waals surface area contributed by atoms with Gasteiger partial charge in [-0.1, -0.05) is 48.9 Å². The van der Waals surface area contributed by atoms with Gasteiger partial charge >= 0.3 is 11.8 Å². The van der Waals surface area contributed by atoms with Gasteiger partial charge in [-0.3, -0.25) is 14.4 Å². The van der Waals surface area contributed by atoms with Crippen LogP contribution in [0.15, 0.2) is 70.2 Å². The monoisotopic (exact) mass is 586 g/mol. The molecule has 0 saturated heterocycles. The lowest BCUT2D eigenvalue weighted by atomic mass is 10.1. The molecule has 0 saturated carbocycles. The van der Waals surface area contributed by atoms with Crippen LogP contribution in [0.25, 0.3) is 0 Å². The molecular formula is C26H24BrClN4O5. The van der Waals surface area contributed by atoms with Crippen molar-refractivity contribution in [2.24, 2.45) is 5.10 Å². The number of rotatable bonds is 9. The van der Waals surface area contributed by atoms with E-state index in [1.807, 2.05) is 19.1 Å². The third-order valence-electron chi connectivity index (χ3n) is 4.98. The first-order valence-electron chi connectivity index (χ1n) is 11.1. The van der Waals surface area contributed by atoms with Gasteiger partial charge in [0.05, 0.1) is 28.5 Å². The summed E-state index contributed by atoms with van der Waals surface area (Å²) in [5.74, 6) is -1.54. The SMILES string of the molecule is CCc1ccccc1NC(=O)C(=O)N/N=C\c1cc(Br)c(OCC(=O)Nc2ccccc2Cl)c(OC)c1. The van der Waals surface area contributed by atoms with Crippen molar-refractivity contribution in [2.45, 2.75) is 13.3 Å². The fourth-order valence-electron chi connectivity index (χ4n) is 3.19. The van der Waals surface area contributed by atoms with Crippen molar-refractivity contribution in [1.29, 1.82) is 0 Å². The topological polar surface area (TPSA) is 118 Å². The van der Waals surface area contributed by atoms with E-state index in [4.69, 9.17) is 21.1 Å². The Kier molecular flexibility index (Phi) is 10.0. The smallest absolute Gasteiger partial charge is 0.329 e. The van der Waals surface area contributed by atoms with E-state index >= 15 is 0 Å². The number of hydrogen-bond acceptors (Lipinski definition) is 6. The van der Waals surface area contributed by atoms with E-state index in [1.165, 1.54) is 13.3 Å². The fraction of sp³-hybridized carbons (Fsp3) is 0.154. The van der Waals surface area contributed by atoms with Crippen LogP contribution in [0.5, 0.6) is 11.5 Å². The van der Waals surface area contributed by atoms with Crippen LogP contribution in [0.1, 0.15) is 18.1 Å². The number of nitrogens with zero attached hydrogens (tertiary/aromatic N) is 1. The Bertz CT molecular complexity index is 1330. The minimum atomic E-state index is -0.919. The lowest BCUT2D eigenvalue weighted by molar-refractivity contribution is -0.136. The summed E-state index contributed by atoms with van der Waals surface area (Å²) >= 11 is 9.45. The van der Waals surface area contributed by atoms with E-state index in [1.54, 1.807) is 48.5 Å². The Morgan fingerprint density at radius 1 is 1.00 bits per heavy atom. The molecular weight excluding hydrogens is 564 g/mol. The maximum atomic E-state index is 12.3. The second-order valence-corrected chi connectivity index (χ2v) is 8.78. The number of carbonyl (C=O) groups excluding carboxylic acids is 3. The van der Waals surface area contributed by atoms with Gasteiger partial charge in [0.1, 0.15) is 0 Å². The van der Waals surface area contributed by atoms with Gasteiger partial charge in [-0.05, 0) is 63.8 Å². The summed E-state index contributed by atoms with van der Waals surface area (Å²) in [4.78, 5) is 36.6. The number of amides is 3. The third kappa shape index (κ3) is 7.80. The highest BCUT2D eigenvalue weighted by Crippen LogP contribution is 2.36. The summed E-state index contributed by atoms with van der Waals surface area (Å²) in [6.07, 6.45) is 2.05. The molecule has 0 bridgehead atoms. The van der Waals surface area contributed by atoms with Gasteiger partial charge in [0.25, 0.3) is 5.91 Å². The number of aryl methyl sites for hydroxylation is 1. The first-order chi connectivity index (χ1) is 17.8. The molecule has 3 amide bonds. The zero-order chi connectivity index (χ0) is 26.8. The minimum Gasteiger partial charge on any atom is -0.493 e. The molecule has 0 aliphatic heterocycles. The summed E-state index contributed by atoms with van der Waals surface area (Å²) in [6.45, 7) is 1.66. The lowest BCUT2D eigenvalue weighted by Gasteiger charge is -2.14. The van der Waals surface area contributed by atoms with Crippen molar-refractivity contribution < 1.29 is 23.9 Å². The highest BCUT2D eigenvalue weighted by molar-refractivity contribution is 9.10. The summed E-state index contributed by atoms with van der Waals surface area (Å²) in [7, 11) is 1.44. The average Bonchev–Trinajstić information content (AvgIpc) is 2.89. The molecule has 3 aromatic rings. The Hall–Kier alpha value is -3.89. The van der Waals surface area contributed by atoms with Crippen molar-refractivity contribution in [1.82, 2.24) is 5.43 Å². The number of hydrogen-bond donors (Lipinski definition) is 3. The van der Waals surface area contributed by atoms with Crippen LogP contribution < -0.4 is 25.5 Å². The van der Waals surface area contributed by atoms with Crippen LogP contribution in [0.4, 0.5) is 11.4 Å². The van der Waals surface area contributed by atoms with E-state index in [0.717, 1.165) is 5.56 Å². The Labute approximate surface area is 227 Å². The molecule has 3 aromatic carbocycles. The lowest BCUT2D eigenvalue weighted by Crippen LogP contribution is -2.32. The van der Waals surface area contributed by atoms with Gasteiger partial charge in [-0.25, -0.2) is 5.43 Å². The zero-order valence-corrected chi connectivity index (χ0v) is 22.4. The van der Waals surface area contributed by atoms with Crippen molar-refractivity contribution in [3.8, 4) is 11.5 Å². The Morgan fingerprint density at radius 2 is 1.70 bits per heavy atom. The van der Waals surface area contributed by atoms with Crippen molar-refractivity contribution in [3.63, 3.8) is 0 Å². The number of nitrogens with one attached hydrogen (secondary N) is 3. The van der Waals surface area contributed by atoms with Crippen molar-refractivity contribution >= 4 is 62.8 Å². The molecule has 0 spiro atoms. The number of anilines is 2. The summed E-state index contributed by atoms with van der Waals surface area (Å²) in [5, 5.41) is 9.50. The number of methoxy groups -OCH3 is 1. The molecule has 11 heteroatoms. The quantitative estimate of drug-likeness (QED) is 0.189. The van der Waals surface area contributed by atoms with Crippen LogP contribution in [-0.2, 0) is 20.8 Å². The summed E-state index contributed by atoms with van der Waals surface area (Å²) in [5.41, 5.74) is 4.68. The molecule has 0 aliphatic rings. The van der Waals surface area contributed by atoms with Crippen LogP contribution in [-0.4, -0.2) is 37.7 Å². The van der Waals surface area contributed by atoms with Crippen LogP contribution in [0.2, 0.25) is 5.02 Å². The largest absolute Gasteiger partial charge is 0.493 e. The van der Waals surface area contributed by atoms with Gasteiger partial charge < -0.3 is 20.1 Å². The molecule has 0 unspecified atom stereocenters. The van der Waals surface area contributed by atoms with Gasteiger partial charge in [-0.15, -0.1) is 0 Å². The maximum absolute atomic E-state index is 12.3. The van der Waals surface area contributed by atoms with Gasteiger partial charge in [-0.2, -0.15) is 5.10 Å². The fourth-order valence-corrected chi connectivity index (χ4v) is 3.94. The highest BCUT2D eigenvalue weighted by Gasteiger charge is 2.16. The molecule has 3 N–H and O–H groups in total. The van der Waals surface area contributed by atoms with Crippen molar-refractivity contribution in [2.75, 3.05) is 24.4 Å². The van der Waals surface area contributed by atoms with Gasteiger partial charge in [0, 0.05) is 5.69 Å². The number of halogens is 2. The molecule has 0 aromatic heterocycles. The molecule has 0 atom stereocenters. The zero-order valence-electron chi connectivity index (χ0n) is 20.0. The van der Waals surface area contributed by atoms with Crippen LogP contribution >= 0.6 is 27.5 Å². The molecule has 0 aliphatic carbocycles. The molecule has 0 heterocycles. The van der Waals surface area contributed by atoms with Gasteiger partial charge in [0.15, 0.2) is 18.1 Å². The standard InChI is InChI=1S/C26H24BrClN4O5/c1-3-17-8-4-6-10-20(17)31-25(34)26(35)32-29-14-16-12-18(27)24(22(13-16)36-2)37-15-23(33)30-21-11-7-5-9-19(21)28/h4-14H,3,15H2,1-2H3,(H,30,33)(H,31,34)(H,32,35)/b29-14-. The Balaban J connectivity index is 1.59. The van der Waals surface area contributed by atoms with E-state index in [-0.39, 0.29) is 6.61 Å². The predicted octanol–water partition coefficient (Wildman–Crippen LogP) is 4.78.